The Labute approximate surface area is 58.7 Å². The van der Waals surface area contributed by atoms with E-state index in [1.807, 2.05) is 0 Å². The van der Waals surface area contributed by atoms with E-state index in [1.165, 1.54) is 0 Å². The van der Waals surface area contributed by atoms with E-state index >= 15 is 0 Å². The van der Waals surface area contributed by atoms with Crippen molar-refractivity contribution < 1.29 is 14.7 Å². The lowest BCUT2D eigenvalue weighted by Crippen LogP contribution is -2.24. The monoisotopic (exact) mass is 140 g/mol. The van der Waals surface area contributed by atoms with Crippen molar-refractivity contribution in [2.45, 2.75) is 6.10 Å². The highest BCUT2D eigenvalue weighted by molar-refractivity contribution is 6.43. The molecule has 0 aliphatic carbocycles. The smallest absolute Gasteiger partial charge is 0.234 e. The predicted molar refractivity (Wildman–Crippen MR) is 36.4 cm³/mol. The van der Waals surface area contributed by atoms with Crippen LogP contribution >= 0.6 is 0 Å². The molecular weight excluding hydrogens is 132 g/mol. The van der Waals surface area contributed by atoms with Gasteiger partial charge in [0.05, 0.1) is 0 Å². The molecule has 0 fully saturated rings. The van der Waals surface area contributed by atoms with E-state index in [9.17, 15) is 9.59 Å². The van der Waals surface area contributed by atoms with E-state index < -0.39 is 17.7 Å². The lowest BCUT2D eigenvalue weighted by atomic mass is 10.1. The quantitative estimate of drug-likeness (QED) is 0.336. The average Bonchev–Trinajstić information content (AvgIpc) is 2.00. The third-order valence-corrected chi connectivity index (χ3v) is 0.920. The van der Waals surface area contributed by atoms with Crippen LogP contribution in [0.1, 0.15) is 0 Å². The van der Waals surface area contributed by atoms with Crippen molar-refractivity contribution in [1.82, 2.24) is 0 Å². The second kappa shape index (κ2) is 3.74. The van der Waals surface area contributed by atoms with Crippen LogP contribution in [0.3, 0.4) is 0 Å². The number of rotatable bonds is 4. The van der Waals surface area contributed by atoms with Gasteiger partial charge >= 0.3 is 0 Å². The standard InChI is InChI=1S/C7H8O3/c1-3-5(8)7(10)6(9)4-2/h3-5,8H,1-2H2. The highest BCUT2D eigenvalue weighted by Crippen LogP contribution is 1.88. The molecule has 0 spiro atoms. The number of aliphatic hydroxyl groups excluding tert-OH is 1. The Morgan fingerprint density at radius 3 is 2.20 bits per heavy atom. The normalized spacial score (nSPS) is 11.7. The zero-order chi connectivity index (χ0) is 8.15. The van der Waals surface area contributed by atoms with E-state index in [0.717, 1.165) is 12.2 Å². The number of allylic oxidation sites excluding steroid dienone is 1. The van der Waals surface area contributed by atoms with Crippen molar-refractivity contribution in [1.29, 1.82) is 0 Å². The maximum absolute atomic E-state index is 10.6. The Morgan fingerprint density at radius 1 is 1.40 bits per heavy atom. The Kier molecular flexibility index (Phi) is 3.28. The number of ketones is 2. The lowest BCUT2D eigenvalue weighted by Gasteiger charge is -1.97. The van der Waals surface area contributed by atoms with Gasteiger partial charge in [0.1, 0.15) is 6.10 Å². The number of hydrogen-bond acceptors (Lipinski definition) is 3. The number of aliphatic hydroxyl groups is 1. The molecule has 0 aliphatic heterocycles. The number of hydrogen-bond donors (Lipinski definition) is 1. The third kappa shape index (κ3) is 1.95. The first-order valence-corrected chi connectivity index (χ1v) is 2.64. The third-order valence-electron chi connectivity index (χ3n) is 0.920. The van der Waals surface area contributed by atoms with Gasteiger partial charge in [0, 0.05) is 0 Å². The summed E-state index contributed by atoms with van der Waals surface area (Å²) in [6.45, 7) is 6.22. The van der Waals surface area contributed by atoms with Gasteiger partial charge in [0.15, 0.2) is 0 Å². The maximum Gasteiger partial charge on any atom is 0.234 e. The van der Waals surface area contributed by atoms with Crippen molar-refractivity contribution in [2.24, 2.45) is 0 Å². The molecule has 0 aliphatic rings. The maximum atomic E-state index is 10.6. The van der Waals surface area contributed by atoms with E-state index in [2.05, 4.69) is 13.2 Å². The van der Waals surface area contributed by atoms with E-state index in [0.29, 0.717) is 0 Å². The molecular formula is C7H8O3. The summed E-state index contributed by atoms with van der Waals surface area (Å²) in [7, 11) is 0. The molecule has 0 saturated heterocycles. The first-order valence-electron chi connectivity index (χ1n) is 2.64. The highest BCUT2D eigenvalue weighted by Gasteiger charge is 2.16. The molecule has 0 aromatic heterocycles. The fourth-order valence-corrected chi connectivity index (χ4v) is 0.353. The van der Waals surface area contributed by atoms with Crippen LogP contribution in [0, 0.1) is 0 Å². The lowest BCUT2D eigenvalue weighted by molar-refractivity contribution is -0.137. The van der Waals surface area contributed by atoms with Crippen LogP contribution in [0.15, 0.2) is 25.3 Å². The summed E-state index contributed by atoms with van der Waals surface area (Å²) in [6.07, 6.45) is 0.448. The Hall–Kier alpha value is -1.22. The number of Topliss-reactive ketones (excluding diaryl/α,β-unsaturated/α-hetero) is 1. The van der Waals surface area contributed by atoms with Gasteiger partial charge in [-0.3, -0.25) is 9.59 Å². The summed E-state index contributed by atoms with van der Waals surface area (Å²) in [5, 5.41) is 8.69. The molecule has 54 valence electrons. The molecule has 0 radical (unpaired) electrons. The molecule has 0 aromatic carbocycles. The summed E-state index contributed by atoms with van der Waals surface area (Å²) in [4.78, 5) is 21.0. The van der Waals surface area contributed by atoms with Gasteiger partial charge < -0.3 is 5.11 Å². The second-order valence-corrected chi connectivity index (χ2v) is 1.61. The van der Waals surface area contributed by atoms with Gasteiger partial charge in [-0.2, -0.15) is 0 Å². The first-order chi connectivity index (χ1) is 4.63. The minimum absolute atomic E-state index is 0.799. The second-order valence-electron chi connectivity index (χ2n) is 1.61. The molecule has 3 nitrogen and oxygen atoms in total. The molecule has 1 atom stereocenters. The topological polar surface area (TPSA) is 54.4 Å². The van der Waals surface area contributed by atoms with Crippen molar-refractivity contribution in [3.63, 3.8) is 0 Å². The van der Waals surface area contributed by atoms with Gasteiger partial charge in [-0.1, -0.05) is 12.7 Å². The first kappa shape index (κ1) is 8.78. The minimum atomic E-state index is -1.40. The van der Waals surface area contributed by atoms with Gasteiger partial charge in [0.2, 0.25) is 11.6 Å². The van der Waals surface area contributed by atoms with Crippen LogP contribution in [-0.2, 0) is 9.59 Å². The zero-order valence-electron chi connectivity index (χ0n) is 5.41. The van der Waals surface area contributed by atoms with E-state index in [4.69, 9.17) is 5.11 Å². The predicted octanol–water partition coefficient (Wildman–Crippen LogP) is -0.143. The van der Waals surface area contributed by atoms with Crippen LogP contribution in [0.4, 0.5) is 0 Å². The van der Waals surface area contributed by atoms with Crippen LogP contribution in [0.25, 0.3) is 0 Å². The van der Waals surface area contributed by atoms with Crippen molar-refractivity contribution >= 4 is 11.6 Å². The molecule has 1 N–H and O–H groups in total. The Balaban J connectivity index is 4.21. The summed E-state index contributed by atoms with van der Waals surface area (Å²) < 4.78 is 0. The molecule has 0 aromatic rings. The highest BCUT2D eigenvalue weighted by atomic mass is 16.3. The molecule has 3 heteroatoms. The molecule has 0 amide bonds. The Bertz CT molecular complexity index is 181. The van der Waals surface area contributed by atoms with Crippen LogP contribution in [0.2, 0.25) is 0 Å². The summed E-state index contributed by atoms with van der Waals surface area (Å²) >= 11 is 0. The van der Waals surface area contributed by atoms with Gasteiger partial charge in [-0.15, -0.1) is 6.58 Å². The van der Waals surface area contributed by atoms with Gasteiger partial charge in [-0.25, -0.2) is 0 Å². The van der Waals surface area contributed by atoms with E-state index in [-0.39, 0.29) is 0 Å². The Morgan fingerprint density at radius 2 is 1.90 bits per heavy atom. The summed E-state index contributed by atoms with van der Waals surface area (Å²) in [5.74, 6) is -1.70. The molecule has 10 heavy (non-hydrogen) atoms. The number of carbonyl (C=O) groups is 2. The van der Waals surface area contributed by atoms with Crippen molar-refractivity contribution in [3.05, 3.63) is 25.3 Å². The van der Waals surface area contributed by atoms with Crippen LogP contribution in [0.5, 0.6) is 0 Å². The van der Waals surface area contributed by atoms with Crippen LogP contribution < -0.4 is 0 Å². The van der Waals surface area contributed by atoms with Crippen molar-refractivity contribution in [3.8, 4) is 0 Å². The number of carbonyl (C=O) groups excluding carboxylic acids is 2. The minimum Gasteiger partial charge on any atom is -0.381 e. The van der Waals surface area contributed by atoms with Crippen molar-refractivity contribution in [2.75, 3.05) is 0 Å². The van der Waals surface area contributed by atoms with Gasteiger partial charge in [-0.05, 0) is 6.08 Å². The SMILES string of the molecule is C=CC(=O)C(=O)C(O)C=C. The average molecular weight is 140 g/mol. The summed E-state index contributed by atoms with van der Waals surface area (Å²) in [5.41, 5.74) is 0. The van der Waals surface area contributed by atoms with Gasteiger partial charge in [0.25, 0.3) is 0 Å². The molecule has 1 unspecified atom stereocenters. The molecule has 0 rings (SSSR count). The molecule has 0 heterocycles. The zero-order valence-corrected chi connectivity index (χ0v) is 5.41. The molecule has 0 bridgehead atoms. The fourth-order valence-electron chi connectivity index (χ4n) is 0.353. The van der Waals surface area contributed by atoms with E-state index in [1.54, 1.807) is 0 Å². The van der Waals surface area contributed by atoms with Crippen LogP contribution in [-0.4, -0.2) is 22.8 Å². The summed E-state index contributed by atoms with van der Waals surface area (Å²) in [6, 6.07) is 0. The molecule has 0 saturated carbocycles. The largest absolute Gasteiger partial charge is 0.381 e. The fraction of sp³-hybridized carbons (Fsp3) is 0.143.